The highest BCUT2D eigenvalue weighted by molar-refractivity contribution is 6.42. The minimum absolute atomic E-state index is 0.00545. The predicted molar refractivity (Wildman–Crippen MR) is 112 cm³/mol. The number of nitrogens with zero attached hydrogens (tertiary/aromatic N) is 3. The maximum atomic E-state index is 12.5. The van der Waals surface area contributed by atoms with Crippen molar-refractivity contribution in [1.82, 2.24) is 20.0 Å². The highest BCUT2D eigenvalue weighted by Gasteiger charge is 2.32. The Morgan fingerprint density at radius 3 is 2.46 bits per heavy atom. The molecule has 2 fully saturated rings. The number of likely N-dealkylation sites (tertiary alicyclic amines) is 2. The molecule has 1 atom stereocenters. The standard InChI is InChI=1S/C20H28Cl2N4O2/c1-24(2)15-5-8-25(9-6-15)16-7-10-26(13-16)19(27)12-23-20(28)14-3-4-17(21)18(22)11-14/h3-4,11,15-16H,5-10,12-13H2,1-2H3,(H,23,28). The molecule has 6 nitrogen and oxygen atoms in total. The van der Waals surface area contributed by atoms with E-state index in [4.69, 9.17) is 23.2 Å². The van der Waals surface area contributed by atoms with Crippen molar-refractivity contribution < 1.29 is 9.59 Å². The summed E-state index contributed by atoms with van der Waals surface area (Å²) < 4.78 is 0. The Kier molecular flexibility index (Phi) is 7.20. The summed E-state index contributed by atoms with van der Waals surface area (Å²) in [6, 6.07) is 5.76. The zero-order chi connectivity index (χ0) is 20.3. The van der Waals surface area contributed by atoms with E-state index in [1.165, 1.54) is 18.9 Å². The molecule has 0 radical (unpaired) electrons. The van der Waals surface area contributed by atoms with Crippen LogP contribution in [0.5, 0.6) is 0 Å². The van der Waals surface area contributed by atoms with E-state index in [2.05, 4.69) is 29.2 Å². The Balaban J connectivity index is 1.44. The molecule has 2 aliphatic rings. The molecule has 0 aliphatic carbocycles. The summed E-state index contributed by atoms with van der Waals surface area (Å²) >= 11 is 11.8. The fraction of sp³-hybridized carbons (Fsp3) is 0.600. The van der Waals surface area contributed by atoms with Crippen molar-refractivity contribution in [3.05, 3.63) is 33.8 Å². The van der Waals surface area contributed by atoms with Crippen molar-refractivity contribution in [3.63, 3.8) is 0 Å². The molecule has 0 saturated carbocycles. The van der Waals surface area contributed by atoms with Crippen LogP contribution in [0.15, 0.2) is 18.2 Å². The molecular formula is C20H28Cl2N4O2. The van der Waals surface area contributed by atoms with E-state index in [9.17, 15) is 9.59 Å². The van der Waals surface area contributed by atoms with Crippen LogP contribution in [0.3, 0.4) is 0 Å². The quantitative estimate of drug-likeness (QED) is 0.784. The van der Waals surface area contributed by atoms with Crippen LogP contribution < -0.4 is 5.32 Å². The van der Waals surface area contributed by atoms with Gasteiger partial charge in [-0.05, 0) is 64.6 Å². The molecule has 1 N–H and O–H groups in total. The molecule has 2 amide bonds. The lowest BCUT2D eigenvalue weighted by Crippen LogP contribution is -2.48. The van der Waals surface area contributed by atoms with Crippen LogP contribution >= 0.6 is 23.2 Å². The average molecular weight is 427 g/mol. The number of hydrogen-bond acceptors (Lipinski definition) is 4. The van der Waals surface area contributed by atoms with Gasteiger partial charge in [0.05, 0.1) is 16.6 Å². The lowest BCUT2D eigenvalue weighted by atomic mass is 10.0. The predicted octanol–water partition coefficient (Wildman–Crippen LogP) is 2.35. The fourth-order valence-corrected chi connectivity index (χ4v) is 4.34. The van der Waals surface area contributed by atoms with Crippen molar-refractivity contribution in [2.75, 3.05) is 46.8 Å². The topological polar surface area (TPSA) is 55.9 Å². The summed E-state index contributed by atoms with van der Waals surface area (Å²) in [5.41, 5.74) is 0.394. The van der Waals surface area contributed by atoms with Crippen molar-refractivity contribution in [2.24, 2.45) is 0 Å². The Morgan fingerprint density at radius 2 is 1.82 bits per heavy atom. The van der Waals surface area contributed by atoms with Crippen LogP contribution in [0.1, 0.15) is 29.6 Å². The van der Waals surface area contributed by atoms with Gasteiger partial charge in [0, 0.05) is 30.7 Å². The molecule has 1 aromatic carbocycles. The van der Waals surface area contributed by atoms with Crippen molar-refractivity contribution in [2.45, 2.75) is 31.3 Å². The second-order valence-electron chi connectivity index (χ2n) is 7.82. The van der Waals surface area contributed by atoms with Gasteiger partial charge in [0.1, 0.15) is 0 Å². The molecule has 1 aromatic rings. The van der Waals surface area contributed by atoms with Crippen LogP contribution in [0.25, 0.3) is 0 Å². The molecule has 3 rings (SSSR count). The molecule has 0 aromatic heterocycles. The lowest BCUT2D eigenvalue weighted by molar-refractivity contribution is -0.129. The Bertz CT molecular complexity index is 720. The number of carbonyl (C=O) groups is 2. The third kappa shape index (κ3) is 5.17. The van der Waals surface area contributed by atoms with E-state index in [-0.39, 0.29) is 18.4 Å². The van der Waals surface area contributed by atoms with Gasteiger partial charge in [0.25, 0.3) is 5.91 Å². The van der Waals surface area contributed by atoms with E-state index in [0.717, 1.165) is 32.6 Å². The van der Waals surface area contributed by atoms with Gasteiger partial charge in [0.2, 0.25) is 5.91 Å². The molecule has 2 heterocycles. The lowest BCUT2D eigenvalue weighted by Gasteiger charge is -2.38. The third-order valence-corrected chi connectivity index (χ3v) is 6.58. The Labute approximate surface area is 176 Å². The first-order valence-electron chi connectivity index (χ1n) is 9.76. The monoisotopic (exact) mass is 426 g/mol. The zero-order valence-electron chi connectivity index (χ0n) is 16.5. The van der Waals surface area contributed by atoms with Gasteiger partial charge >= 0.3 is 0 Å². The summed E-state index contributed by atoms with van der Waals surface area (Å²) in [6.07, 6.45) is 3.35. The maximum absolute atomic E-state index is 12.5. The van der Waals surface area contributed by atoms with Gasteiger partial charge in [-0.3, -0.25) is 14.5 Å². The number of halogens is 2. The number of piperidine rings is 1. The number of carbonyl (C=O) groups excluding carboxylic acids is 2. The normalized spacial score (nSPS) is 21.3. The van der Waals surface area contributed by atoms with Gasteiger partial charge in [-0.1, -0.05) is 23.2 Å². The summed E-state index contributed by atoms with van der Waals surface area (Å²) in [5.74, 6) is -0.368. The highest BCUT2D eigenvalue weighted by Crippen LogP contribution is 2.23. The minimum Gasteiger partial charge on any atom is -0.343 e. The number of rotatable bonds is 5. The maximum Gasteiger partial charge on any atom is 0.251 e. The third-order valence-electron chi connectivity index (χ3n) is 5.84. The van der Waals surface area contributed by atoms with Gasteiger partial charge in [-0.25, -0.2) is 0 Å². The van der Waals surface area contributed by atoms with E-state index >= 15 is 0 Å². The number of nitrogens with one attached hydrogen (secondary N) is 1. The molecule has 8 heteroatoms. The van der Waals surface area contributed by atoms with E-state index < -0.39 is 0 Å². The van der Waals surface area contributed by atoms with Crippen LogP contribution in [0.2, 0.25) is 10.0 Å². The van der Waals surface area contributed by atoms with Gasteiger partial charge in [0.15, 0.2) is 0 Å². The van der Waals surface area contributed by atoms with E-state index in [0.29, 0.717) is 27.7 Å². The van der Waals surface area contributed by atoms with Crippen molar-refractivity contribution in [3.8, 4) is 0 Å². The summed E-state index contributed by atoms with van der Waals surface area (Å²) in [7, 11) is 4.28. The summed E-state index contributed by atoms with van der Waals surface area (Å²) in [5, 5.41) is 3.40. The minimum atomic E-state index is -0.326. The molecule has 0 spiro atoms. The molecule has 154 valence electrons. The Morgan fingerprint density at radius 1 is 1.11 bits per heavy atom. The molecule has 2 saturated heterocycles. The molecule has 2 aliphatic heterocycles. The first-order chi connectivity index (χ1) is 13.3. The number of hydrogen-bond donors (Lipinski definition) is 1. The smallest absolute Gasteiger partial charge is 0.251 e. The van der Waals surface area contributed by atoms with Crippen LogP contribution in [-0.2, 0) is 4.79 Å². The van der Waals surface area contributed by atoms with Gasteiger partial charge in [-0.2, -0.15) is 0 Å². The van der Waals surface area contributed by atoms with Gasteiger partial charge < -0.3 is 15.1 Å². The number of benzene rings is 1. The van der Waals surface area contributed by atoms with Crippen molar-refractivity contribution in [1.29, 1.82) is 0 Å². The first kappa shape index (κ1) is 21.4. The van der Waals surface area contributed by atoms with E-state index in [1.54, 1.807) is 12.1 Å². The Hall–Kier alpha value is -1.34. The second kappa shape index (κ2) is 9.44. The fourth-order valence-electron chi connectivity index (χ4n) is 4.04. The number of amides is 2. The molecule has 0 bridgehead atoms. The second-order valence-corrected chi connectivity index (χ2v) is 8.64. The van der Waals surface area contributed by atoms with Gasteiger partial charge in [-0.15, -0.1) is 0 Å². The summed E-state index contributed by atoms with van der Waals surface area (Å²) in [6.45, 7) is 3.66. The highest BCUT2D eigenvalue weighted by atomic mass is 35.5. The van der Waals surface area contributed by atoms with Crippen molar-refractivity contribution >= 4 is 35.0 Å². The first-order valence-corrected chi connectivity index (χ1v) is 10.5. The SMILES string of the molecule is CN(C)C1CCN(C2CCN(C(=O)CNC(=O)c3ccc(Cl)c(Cl)c3)C2)CC1. The van der Waals surface area contributed by atoms with E-state index in [1.807, 2.05) is 4.90 Å². The zero-order valence-corrected chi connectivity index (χ0v) is 18.0. The summed E-state index contributed by atoms with van der Waals surface area (Å²) in [4.78, 5) is 31.4. The van der Waals surface area contributed by atoms with Crippen LogP contribution in [0.4, 0.5) is 0 Å². The molecule has 1 unspecified atom stereocenters. The largest absolute Gasteiger partial charge is 0.343 e. The average Bonchev–Trinajstić information content (AvgIpc) is 3.18. The van der Waals surface area contributed by atoms with Crippen LogP contribution in [0, 0.1) is 0 Å². The molecular weight excluding hydrogens is 399 g/mol. The molecule has 28 heavy (non-hydrogen) atoms. The van der Waals surface area contributed by atoms with Crippen LogP contribution in [-0.4, -0.2) is 85.4 Å².